The number of benzene rings is 3. The average Bonchev–Trinajstić information content (AvgIpc) is 3.24. The van der Waals surface area contributed by atoms with Crippen LogP contribution >= 0.6 is 0 Å². The molecule has 2 heterocycles. The first-order valence-electron chi connectivity index (χ1n) is 12.1. The molecule has 0 bridgehead atoms. The van der Waals surface area contributed by atoms with Crippen molar-refractivity contribution in [1.82, 2.24) is 9.80 Å². The zero-order chi connectivity index (χ0) is 26.8. The summed E-state index contributed by atoms with van der Waals surface area (Å²) < 4.78 is 24.9. The topological polar surface area (TPSA) is 83.1 Å². The molecule has 0 saturated carbocycles. The molecule has 2 N–H and O–H groups in total. The zero-order valence-electron chi connectivity index (χ0n) is 21.2. The number of carbonyl (C=O) groups is 2. The lowest BCUT2D eigenvalue weighted by molar-refractivity contribution is -0.110. The monoisotopic (exact) mass is 514 g/mol. The first-order chi connectivity index (χ1) is 18.3. The summed E-state index contributed by atoms with van der Waals surface area (Å²) in [5.41, 5.74) is 3.70. The summed E-state index contributed by atoms with van der Waals surface area (Å²) in [6.45, 7) is 1.37. The SMILES string of the molecule is CN(C)CCN(C)C(=O)c1ccc(N/C(=C2\C(=O)Nc3cc(F)ccc32)c2ccc3c(c2)OC=CO3)cc1. The Labute approximate surface area is 220 Å². The molecule has 0 spiro atoms. The van der Waals surface area contributed by atoms with Crippen molar-refractivity contribution >= 4 is 34.5 Å². The van der Waals surface area contributed by atoms with E-state index in [2.05, 4.69) is 10.6 Å². The number of hydrogen-bond donors (Lipinski definition) is 2. The summed E-state index contributed by atoms with van der Waals surface area (Å²) >= 11 is 0. The second kappa shape index (κ2) is 10.4. The van der Waals surface area contributed by atoms with Gasteiger partial charge in [0.2, 0.25) is 0 Å². The van der Waals surface area contributed by atoms with Crippen LogP contribution in [-0.2, 0) is 4.79 Å². The fourth-order valence-electron chi connectivity index (χ4n) is 4.24. The van der Waals surface area contributed by atoms with Crippen molar-refractivity contribution in [2.75, 3.05) is 44.9 Å². The summed E-state index contributed by atoms with van der Waals surface area (Å²) in [6.07, 6.45) is 2.87. The van der Waals surface area contributed by atoms with Crippen LogP contribution in [0, 0.1) is 5.82 Å². The van der Waals surface area contributed by atoms with E-state index in [-0.39, 0.29) is 11.8 Å². The molecule has 2 aliphatic rings. The van der Waals surface area contributed by atoms with Gasteiger partial charge < -0.3 is 29.9 Å². The molecule has 2 amide bonds. The number of rotatable bonds is 7. The summed E-state index contributed by atoms with van der Waals surface area (Å²) in [7, 11) is 5.70. The third kappa shape index (κ3) is 5.09. The van der Waals surface area contributed by atoms with Gasteiger partial charge in [0.25, 0.3) is 11.8 Å². The molecule has 0 aromatic heterocycles. The Morgan fingerprint density at radius 2 is 1.61 bits per heavy atom. The Hall–Kier alpha value is -4.63. The van der Waals surface area contributed by atoms with Gasteiger partial charge in [-0.15, -0.1) is 0 Å². The molecule has 3 aromatic rings. The number of likely N-dealkylation sites (N-methyl/N-ethyl adjacent to an activating group) is 2. The Balaban J connectivity index is 1.50. The number of ether oxygens (including phenoxy) is 2. The molecule has 0 unspecified atom stereocenters. The van der Waals surface area contributed by atoms with Crippen LogP contribution in [0.3, 0.4) is 0 Å². The van der Waals surface area contributed by atoms with Gasteiger partial charge in [-0.25, -0.2) is 4.39 Å². The number of anilines is 2. The molecule has 0 fully saturated rings. The average molecular weight is 515 g/mol. The third-order valence-corrected chi connectivity index (χ3v) is 6.28. The highest BCUT2D eigenvalue weighted by Crippen LogP contribution is 2.40. The number of carbonyl (C=O) groups excluding carboxylic acids is 2. The van der Waals surface area contributed by atoms with Crippen LogP contribution in [0.15, 0.2) is 73.2 Å². The Morgan fingerprint density at radius 3 is 2.34 bits per heavy atom. The molecule has 8 nitrogen and oxygen atoms in total. The number of hydrogen-bond acceptors (Lipinski definition) is 6. The minimum atomic E-state index is -0.443. The molecule has 0 saturated heterocycles. The van der Waals surface area contributed by atoms with Crippen LogP contribution < -0.4 is 20.1 Å². The number of fused-ring (bicyclic) bond motifs is 2. The second-order valence-electron chi connectivity index (χ2n) is 9.30. The molecule has 2 aliphatic heterocycles. The largest absolute Gasteiger partial charge is 0.458 e. The third-order valence-electron chi connectivity index (χ3n) is 6.28. The number of amides is 2. The van der Waals surface area contributed by atoms with Crippen LogP contribution in [0.4, 0.5) is 15.8 Å². The summed E-state index contributed by atoms with van der Waals surface area (Å²) in [5.74, 6) is 0.145. The van der Waals surface area contributed by atoms with Crippen molar-refractivity contribution in [3.63, 3.8) is 0 Å². The number of nitrogens with one attached hydrogen (secondary N) is 2. The van der Waals surface area contributed by atoms with Crippen LogP contribution in [-0.4, -0.2) is 55.8 Å². The number of nitrogens with zero attached hydrogens (tertiary/aromatic N) is 2. The van der Waals surface area contributed by atoms with Gasteiger partial charge in [0.15, 0.2) is 11.5 Å². The van der Waals surface area contributed by atoms with Crippen molar-refractivity contribution in [2.24, 2.45) is 0 Å². The van der Waals surface area contributed by atoms with E-state index in [1.165, 1.54) is 24.7 Å². The van der Waals surface area contributed by atoms with E-state index in [1.807, 2.05) is 25.1 Å². The molecule has 5 rings (SSSR count). The quantitative estimate of drug-likeness (QED) is 0.448. The maximum absolute atomic E-state index is 13.9. The first-order valence-corrected chi connectivity index (χ1v) is 12.1. The van der Waals surface area contributed by atoms with E-state index in [4.69, 9.17) is 9.47 Å². The van der Waals surface area contributed by atoms with Gasteiger partial charge in [0, 0.05) is 42.5 Å². The van der Waals surface area contributed by atoms with Crippen molar-refractivity contribution in [1.29, 1.82) is 0 Å². The predicted octanol–water partition coefficient (Wildman–Crippen LogP) is 4.63. The van der Waals surface area contributed by atoms with E-state index in [0.717, 1.165) is 6.54 Å². The Bertz CT molecular complexity index is 1460. The van der Waals surface area contributed by atoms with Crippen molar-refractivity contribution in [3.8, 4) is 11.5 Å². The standard InChI is InChI=1S/C29H27FN4O4/c1-33(2)12-13-34(3)29(36)18-4-8-21(9-5-18)31-27(19-6-11-24-25(16-19)38-15-14-37-24)26-22-10-7-20(30)17-23(22)32-28(26)35/h4-11,14-17,31H,12-13H2,1-3H3,(H,32,35)/b27-26-. The lowest BCUT2D eigenvalue weighted by Crippen LogP contribution is -2.33. The molecule has 194 valence electrons. The lowest BCUT2D eigenvalue weighted by Gasteiger charge is -2.20. The van der Waals surface area contributed by atoms with E-state index in [1.54, 1.807) is 54.4 Å². The van der Waals surface area contributed by atoms with Crippen LogP contribution in [0.5, 0.6) is 11.5 Å². The van der Waals surface area contributed by atoms with Gasteiger partial charge in [-0.2, -0.15) is 0 Å². The summed E-state index contributed by atoms with van der Waals surface area (Å²) in [5, 5.41) is 6.09. The van der Waals surface area contributed by atoms with Gasteiger partial charge in [0.1, 0.15) is 18.3 Å². The Kier molecular flexibility index (Phi) is 6.85. The molecule has 0 aliphatic carbocycles. The highest BCUT2D eigenvalue weighted by Gasteiger charge is 2.29. The smallest absolute Gasteiger partial charge is 0.258 e. The minimum absolute atomic E-state index is 0.0806. The fraction of sp³-hybridized carbons (Fsp3) is 0.172. The van der Waals surface area contributed by atoms with Crippen LogP contribution in [0.25, 0.3) is 11.3 Å². The summed E-state index contributed by atoms with van der Waals surface area (Å²) in [6, 6.07) is 16.6. The molecule has 38 heavy (non-hydrogen) atoms. The fourth-order valence-corrected chi connectivity index (χ4v) is 4.24. The molecule has 9 heteroatoms. The van der Waals surface area contributed by atoms with Crippen LogP contribution in [0.2, 0.25) is 0 Å². The van der Waals surface area contributed by atoms with Crippen LogP contribution in [0.1, 0.15) is 21.5 Å². The van der Waals surface area contributed by atoms with Crippen molar-refractivity contribution < 1.29 is 23.5 Å². The molecular formula is C29H27FN4O4. The van der Waals surface area contributed by atoms with Gasteiger partial charge in [0.05, 0.1) is 17.0 Å². The van der Waals surface area contributed by atoms with Crippen molar-refractivity contribution in [3.05, 3.63) is 95.7 Å². The second-order valence-corrected chi connectivity index (χ2v) is 9.30. The van der Waals surface area contributed by atoms with Crippen molar-refractivity contribution in [2.45, 2.75) is 0 Å². The maximum atomic E-state index is 13.9. The molecule has 3 aromatic carbocycles. The molecular weight excluding hydrogens is 487 g/mol. The maximum Gasteiger partial charge on any atom is 0.258 e. The Morgan fingerprint density at radius 1 is 0.895 bits per heavy atom. The van der Waals surface area contributed by atoms with Gasteiger partial charge >= 0.3 is 0 Å². The summed E-state index contributed by atoms with van der Waals surface area (Å²) in [4.78, 5) is 29.6. The van der Waals surface area contributed by atoms with E-state index in [9.17, 15) is 14.0 Å². The van der Waals surface area contributed by atoms with Gasteiger partial charge in [-0.1, -0.05) is 0 Å². The predicted molar refractivity (Wildman–Crippen MR) is 144 cm³/mol. The molecule has 0 radical (unpaired) electrons. The van der Waals surface area contributed by atoms with E-state index in [0.29, 0.717) is 57.4 Å². The van der Waals surface area contributed by atoms with Gasteiger partial charge in [-0.05, 0) is 74.8 Å². The lowest BCUT2D eigenvalue weighted by atomic mass is 9.99. The van der Waals surface area contributed by atoms with E-state index >= 15 is 0 Å². The highest BCUT2D eigenvalue weighted by atomic mass is 19.1. The minimum Gasteiger partial charge on any atom is -0.458 e. The first kappa shape index (κ1) is 25.0. The zero-order valence-corrected chi connectivity index (χ0v) is 21.2. The highest BCUT2D eigenvalue weighted by molar-refractivity contribution is 6.37. The molecule has 0 atom stereocenters. The normalized spacial score (nSPS) is 14.7. The number of halogens is 1. The van der Waals surface area contributed by atoms with Gasteiger partial charge in [-0.3, -0.25) is 9.59 Å². The van der Waals surface area contributed by atoms with E-state index < -0.39 is 5.82 Å².